The molecule has 14 aromatic rings. The summed E-state index contributed by atoms with van der Waals surface area (Å²) in [6.07, 6.45) is 0. The van der Waals surface area contributed by atoms with Crippen LogP contribution in [-0.4, -0.2) is 19.5 Å². The molecule has 0 saturated carbocycles. The van der Waals surface area contributed by atoms with E-state index in [0.717, 1.165) is 77.3 Å². The van der Waals surface area contributed by atoms with Crippen LogP contribution in [0.4, 0.5) is 0 Å². The van der Waals surface area contributed by atoms with Crippen molar-refractivity contribution in [2.45, 2.75) is 0 Å². The first-order valence-electron chi connectivity index (χ1n) is 23.0. The second kappa shape index (κ2) is 15.2. The zero-order valence-electron chi connectivity index (χ0n) is 36.6. The molecular weight excluding hydrogens is 829 g/mol. The number of aromatic nitrogens is 4. The van der Waals surface area contributed by atoms with Gasteiger partial charge in [0.2, 0.25) is 0 Å². The van der Waals surface area contributed by atoms with Crippen LogP contribution in [0.5, 0.6) is 0 Å². The van der Waals surface area contributed by atoms with Crippen LogP contribution in [0.3, 0.4) is 0 Å². The largest absolute Gasteiger partial charge is 0.455 e. The highest BCUT2D eigenvalue weighted by Gasteiger charge is 2.21. The molecule has 0 amide bonds. The van der Waals surface area contributed by atoms with Crippen molar-refractivity contribution in [1.82, 2.24) is 19.5 Å². The number of benzene rings is 11. The maximum atomic E-state index is 6.93. The zero-order chi connectivity index (χ0) is 44.7. The number of hydrogen-bond donors (Lipinski definition) is 0. The van der Waals surface area contributed by atoms with Gasteiger partial charge in [-0.3, -0.25) is 0 Å². The average Bonchev–Trinajstić information content (AvgIpc) is 3.96. The standard InChI is InChI=1S/C63H38N4O/c1-3-12-39(13-4-1)41-22-26-45(27-23-41)61-64-62(46-28-24-42(25-29-46)40-14-5-2-6-15-40)66-63(65-61)52-21-11-20-51-59-53-38-49(33-30-44(53)32-35-57(59)68-60(51)52)67-55-34-31-43-16-9-10-19-50(43)58(55)54-36-47-17-7-8-18-48(47)37-56(54)67/h1-38H. The Bertz CT molecular complexity index is 4190. The van der Waals surface area contributed by atoms with Crippen molar-refractivity contribution in [2.75, 3.05) is 0 Å². The topological polar surface area (TPSA) is 56.7 Å². The quantitative estimate of drug-likeness (QED) is 0.167. The third-order valence-electron chi connectivity index (χ3n) is 13.6. The summed E-state index contributed by atoms with van der Waals surface area (Å²) in [7, 11) is 0. The summed E-state index contributed by atoms with van der Waals surface area (Å²) in [5.41, 5.74) is 12.1. The van der Waals surface area contributed by atoms with Crippen molar-refractivity contribution < 1.29 is 4.42 Å². The third-order valence-corrected chi connectivity index (χ3v) is 13.6. The molecule has 0 aliphatic rings. The number of para-hydroxylation sites is 1. The Morgan fingerprint density at radius 2 is 0.838 bits per heavy atom. The van der Waals surface area contributed by atoms with Crippen LogP contribution >= 0.6 is 0 Å². The molecule has 14 rings (SSSR count). The number of rotatable bonds is 6. The maximum Gasteiger partial charge on any atom is 0.167 e. The smallest absolute Gasteiger partial charge is 0.167 e. The Morgan fingerprint density at radius 3 is 1.53 bits per heavy atom. The molecule has 0 saturated heterocycles. The second-order valence-electron chi connectivity index (χ2n) is 17.6. The van der Waals surface area contributed by atoms with Gasteiger partial charge in [0.1, 0.15) is 11.2 Å². The first-order chi connectivity index (χ1) is 33.7. The summed E-state index contributed by atoms with van der Waals surface area (Å²) in [5.74, 6) is 1.72. The molecule has 316 valence electrons. The van der Waals surface area contributed by atoms with E-state index >= 15 is 0 Å². The van der Waals surface area contributed by atoms with Gasteiger partial charge in [-0.1, -0.05) is 188 Å². The van der Waals surface area contributed by atoms with Gasteiger partial charge in [-0.05, 0) is 97.0 Å². The maximum absolute atomic E-state index is 6.93. The average molecular weight is 867 g/mol. The van der Waals surface area contributed by atoms with Crippen molar-refractivity contribution in [2.24, 2.45) is 0 Å². The van der Waals surface area contributed by atoms with Crippen LogP contribution in [0.2, 0.25) is 0 Å². The van der Waals surface area contributed by atoms with Gasteiger partial charge in [-0.2, -0.15) is 0 Å². The van der Waals surface area contributed by atoms with E-state index in [1.165, 1.54) is 43.4 Å². The predicted octanol–water partition coefficient (Wildman–Crippen LogP) is 16.7. The molecule has 5 heteroatoms. The molecule has 3 aromatic heterocycles. The molecule has 0 atom stereocenters. The number of nitrogens with zero attached hydrogens (tertiary/aromatic N) is 4. The van der Waals surface area contributed by atoms with E-state index in [9.17, 15) is 0 Å². The van der Waals surface area contributed by atoms with Gasteiger partial charge >= 0.3 is 0 Å². The van der Waals surface area contributed by atoms with Gasteiger partial charge in [-0.25, -0.2) is 15.0 Å². The van der Waals surface area contributed by atoms with Crippen LogP contribution in [0.25, 0.3) is 138 Å². The van der Waals surface area contributed by atoms with Crippen molar-refractivity contribution in [3.8, 4) is 62.1 Å². The highest BCUT2D eigenvalue weighted by molar-refractivity contribution is 6.24. The summed E-state index contributed by atoms with van der Waals surface area (Å²) >= 11 is 0. The van der Waals surface area contributed by atoms with Gasteiger partial charge in [-0.15, -0.1) is 0 Å². The zero-order valence-corrected chi connectivity index (χ0v) is 36.6. The Hall–Kier alpha value is -9.19. The van der Waals surface area contributed by atoms with E-state index in [1.54, 1.807) is 0 Å². The van der Waals surface area contributed by atoms with E-state index in [1.807, 2.05) is 12.1 Å². The molecule has 0 fully saturated rings. The number of hydrogen-bond acceptors (Lipinski definition) is 4. The summed E-state index contributed by atoms with van der Waals surface area (Å²) in [5, 5.41) is 11.7. The fraction of sp³-hybridized carbons (Fsp3) is 0. The van der Waals surface area contributed by atoms with E-state index in [0.29, 0.717) is 17.5 Å². The molecule has 0 N–H and O–H groups in total. The molecule has 11 aromatic carbocycles. The third kappa shape index (κ3) is 6.14. The predicted molar refractivity (Wildman–Crippen MR) is 281 cm³/mol. The molecule has 0 bridgehead atoms. The van der Waals surface area contributed by atoms with Crippen LogP contribution in [0, 0.1) is 0 Å². The lowest BCUT2D eigenvalue weighted by atomic mass is 10.0. The monoisotopic (exact) mass is 866 g/mol. The lowest BCUT2D eigenvalue weighted by Gasteiger charge is -2.11. The fourth-order valence-corrected chi connectivity index (χ4v) is 10.3. The molecule has 5 nitrogen and oxygen atoms in total. The SMILES string of the molecule is c1ccc(-c2ccc(-c3nc(-c4ccc(-c5ccccc5)cc4)nc(-c4cccc5c4oc4ccc6ccc(-n7c8cc9ccccc9cc8c8c9ccccc9ccc87)cc6c45)n3)cc2)cc1. The number of furan rings is 1. The van der Waals surface area contributed by atoms with Gasteiger partial charge in [0.25, 0.3) is 0 Å². The van der Waals surface area contributed by atoms with Crippen LogP contribution in [0.15, 0.2) is 235 Å². The Balaban J connectivity index is 0.953. The van der Waals surface area contributed by atoms with E-state index in [4.69, 9.17) is 19.4 Å². The second-order valence-corrected chi connectivity index (χ2v) is 17.6. The lowest BCUT2D eigenvalue weighted by Crippen LogP contribution is -2.00. The van der Waals surface area contributed by atoms with E-state index in [2.05, 4.69) is 223 Å². The lowest BCUT2D eigenvalue weighted by molar-refractivity contribution is 0.670. The summed E-state index contributed by atoms with van der Waals surface area (Å²) in [6, 6.07) is 81.7. The van der Waals surface area contributed by atoms with Crippen LogP contribution in [-0.2, 0) is 0 Å². The minimum atomic E-state index is 0.545. The highest BCUT2D eigenvalue weighted by Crippen LogP contribution is 2.43. The summed E-state index contributed by atoms with van der Waals surface area (Å²) in [6.45, 7) is 0. The van der Waals surface area contributed by atoms with Gasteiger partial charge in [0.05, 0.1) is 16.6 Å². The first-order valence-corrected chi connectivity index (χ1v) is 23.0. The molecule has 0 aliphatic carbocycles. The van der Waals surface area contributed by atoms with Crippen molar-refractivity contribution in [1.29, 1.82) is 0 Å². The van der Waals surface area contributed by atoms with Crippen molar-refractivity contribution in [3.05, 3.63) is 231 Å². The molecule has 0 spiro atoms. The molecule has 3 heterocycles. The van der Waals surface area contributed by atoms with Crippen molar-refractivity contribution >= 4 is 76.1 Å². The minimum Gasteiger partial charge on any atom is -0.455 e. The van der Waals surface area contributed by atoms with Crippen LogP contribution < -0.4 is 0 Å². The Kier molecular flexibility index (Phi) is 8.52. The molecule has 68 heavy (non-hydrogen) atoms. The molecular formula is C63H38N4O. The minimum absolute atomic E-state index is 0.545. The van der Waals surface area contributed by atoms with Gasteiger partial charge in [0.15, 0.2) is 17.5 Å². The summed E-state index contributed by atoms with van der Waals surface area (Å²) in [4.78, 5) is 15.5. The Labute approximate surface area is 390 Å². The molecule has 0 unspecified atom stereocenters. The normalized spacial score (nSPS) is 11.8. The van der Waals surface area contributed by atoms with Crippen molar-refractivity contribution in [3.63, 3.8) is 0 Å². The van der Waals surface area contributed by atoms with Crippen LogP contribution in [0.1, 0.15) is 0 Å². The molecule has 0 radical (unpaired) electrons. The van der Waals surface area contributed by atoms with E-state index < -0.39 is 0 Å². The molecule has 0 aliphatic heterocycles. The van der Waals surface area contributed by atoms with Gasteiger partial charge in [0, 0.05) is 38.4 Å². The van der Waals surface area contributed by atoms with E-state index in [-0.39, 0.29) is 0 Å². The number of fused-ring (bicyclic) bond motifs is 11. The van der Waals surface area contributed by atoms with Gasteiger partial charge < -0.3 is 8.98 Å². The Morgan fingerprint density at radius 1 is 0.309 bits per heavy atom. The fourth-order valence-electron chi connectivity index (χ4n) is 10.3. The summed E-state index contributed by atoms with van der Waals surface area (Å²) < 4.78 is 9.36. The highest BCUT2D eigenvalue weighted by atomic mass is 16.3. The first kappa shape index (κ1) is 38.1.